The molecule has 1 aromatic carbocycles. The summed E-state index contributed by atoms with van der Waals surface area (Å²) < 4.78 is 5.98. The summed E-state index contributed by atoms with van der Waals surface area (Å²) in [5.74, 6) is 1.65. The van der Waals surface area contributed by atoms with Gasteiger partial charge in [-0.05, 0) is 44.2 Å². The Bertz CT molecular complexity index is 419. The van der Waals surface area contributed by atoms with Gasteiger partial charge in [0.05, 0.1) is 25.7 Å². The van der Waals surface area contributed by atoms with Crippen molar-refractivity contribution >= 4 is 5.69 Å². The van der Waals surface area contributed by atoms with Gasteiger partial charge in [0.2, 0.25) is 0 Å². The number of ether oxygens (including phenoxy) is 1. The van der Waals surface area contributed by atoms with Gasteiger partial charge in [-0.1, -0.05) is 6.07 Å². The van der Waals surface area contributed by atoms with Crippen molar-refractivity contribution < 1.29 is 9.64 Å². The number of nitrogen functional groups attached to an aromatic ring is 1. The number of nitrogens with one attached hydrogen (secondary N) is 1. The van der Waals surface area contributed by atoms with Crippen LogP contribution in [-0.2, 0) is 0 Å². The maximum atomic E-state index is 5.98. The molecule has 3 rings (SSSR count). The summed E-state index contributed by atoms with van der Waals surface area (Å²) in [6.45, 7) is 3.61. The zero-order chi connectivity index (χ0) is 13.1. The van der Waals surface area contributed by atoms with Crippen LogP contribution in [0.3, 0.4) is 0 Å². The van der Waals surface area contributed by atoms with E-state index in [1.54, 1.807) is 0 Å². The number of fused-ring (bicyclic) bond motifs is 1. The average Bonchev–Trinajstić information content (AvgIpc) is 2.45. The van der Waals surface area contributed by atoms with E-state index in [1.807, 2.05) is 29.2 Å². The fourth-order valence-electron chi connectivity index (χ4n) is 3.78. The van der Waals surface area contributed by atoms with Crippen LogP contribution in [0.15, 0.2) is 24.3 Å². The maximum absolute atomic E-state index is 5.98. The van der Waals surface area contributed by atoms with Crippen molar-refractivity contribution in [2.24, 2.45) is 5.92 Å². The highest BCUT2D eigenvalue weighted by Crippen LogP contribution is 2.22. The quantitative estimate of drug-likeness (QED) is 0.809. The molecule has 3 nitrogen and oxygen atoms in total. The Labute approximate surface area is 115 Å². The van der Waals surface area contributed by atoms with Crippen molar-refractivity contribution in [1.29, 1.82) is 0 Å². The zero-order valence-corrected chi connectivity index (χ0v) is 11.6. The Hall–Kier alpha value is -1.22. The summed E-state index contributed by atoms with van der Waals surface area (Å²) in [6.07, 6.45) is 6.89. The predicted molar refractivity (Wildman–Crippen MR) is 77.4 cm³/mol. The van der Waals surface area contributed by atoms with E-state index in [4.69, 9.17) is 10.5 Å². The fraction of sp³-hybridized carbons (Fsp3) is 0.625. The number of quaternary nitrogens is 1. The molecule has 2 aliphatic heterocycles. The van der Waals surface area contributed by atoms with Gasteiger partial charge in [-0.15, -0.1) is 0 Å². The molecule has 0 bridgehead atoms. The van der Waals surface area contributed by atoms with Crippen LogP contribution in [0.5, 0.6) is 5.75 Å². The Morgan fingerprint density at radius 3 is 2.95 bits per heavy atom. The highest BCUT2D eigenvalue weighted by molar-refractivity contribution is 5.43. The minimum atomic E-state index is 0.727. The van der Waals surface area contributed by atoms with Crippen LogP contribution in [-0.4, -0.2) is 25.7 Å². The van der Waals surface area contributed by atoms with Crippen molar-refractivity contribution in [3.05, 3.63) is 24.3 Å². The minimum absolute atomic E-state index is 0.727. The SMILES string of the molecule is Nc1cccc(OC[C@@H]2CCC[NH+]3CCCC[C@@H]23)c1. The first-order valence-corrected chi connectivity index (χ1v) is 7.66. The van der Waals surface area contributed by atoms with Gasteiger partial charge in [0.1, 0.15) is 5.75 Å². The lowest BCUT2D eigenvalue weighted by molar-refractivity contribution is -0.940. The van der Waals surface area contributed by atoms with Crippen molar-refractivity contribution in [3.8, 4) is 5.75 Å². The highest BCUT2D eigenvalue weighted by atomic mass is 16.5. The van der Waals surface area contributed by atoms with Gasteiger partial charge in [-0.2, -0.15) is 0 Å². The van der Waals surface area contributed by atoms with E-state index in [0.717, 1.165) is 30.0 Å². The number of rotatable bonds is 3. The molecule has 0 spiro atoms. The van der Waals surface area contributed by atoms with E-state index in [1.165, 1.54) is 45.2 Å². The number of piperidine rings is 2. The molecule has 3 N–H and O–H groups in total. The Morgan fingerprint density at radius 2 is 2.05 bits per heavy atom. The molecule has 19 heavy (non-hydrogen) atoms. The molecular formula is C16H25N2O+. The van der Waals surface area contributed by atoms with Gasteiger partial charge in [-0.3, -0.25) is 0 Å². The second-order valence-electron chi connectivity index (χ2n) is 6.05. The summed E-state index contributed by atoms with van der Waals surface area (Å²) in [6, 6.07) is 8.63. The summed E-state index contributed by atoms with van der Waals surface area (Å²) in [5, 5.41) is 0. The minimum Gasteiger partial charge on any atom is -0.493 e. The van der Waals surface area contributed by atoms with E-state index >= 15 is 0 Å². The van der Waals surface area contributed by atoms with E-state index in [0.29, 0.717) is 0 Å². The van der Waals surface area contributed by atoms with Crippen molar-refractivity contribution in [3.63, 3.8) is 0 Å². The molecular weight excluding hydrogens is 236 g/mol. The molecule has 2 saturated heterocycles. The van der Waals surface area contributed by atoms with Gasteiger partial charge in [0.25, 0.3) is 0 Å². The molecule has 0 amide bonds. The highest BCUT2D eigenvalue weighted by Gasteiger charge is 2.36. The lowest BCUT2D eigenvalue weighted by atomic mass is 9.84. The van der Waals surface area contributed by atoms with E-state index < -0.39 is 0 Å². The van der Waals surface area contributed by atoms with Gasteiger partial charge in [0, 0.05) is 17.7 Å². The monoisotopic (exact) mass is 261 g/mol. The zero-order valence-electron chi connectivity index (χ0n) is 11.6. The van der Waals surface area contributed by atoms with Crippen molar-refractivity contribution in [2.75, 3.05) is 25.4 Å². The first kappa shape index (κ1) is 12.8. The lowest BCUT2D eigenvalue weighted by Gasteiger charge is -2.41. The number of benzene rings is 1. The second-order valence-corrected chi connectivity index (χ2v) is 6.05. The molecule has 3 atom stereocenters. The summed E-state index contributed by atoms with van der Waals surface area (Å²) in [7, 11) is 0. The number of hydrogen-bond acceptors (Lipinski definition) is 2. The first-order chi connectivity index (χ1) is 9.33. The summed E-state index contributed by atoms with van der Waals surface area (Å²) >= 11 is 0. The molecule has 2 heterocycles. The third-order valence-corrected chi connectivity index (χ3v) is 4.75. The third kappa shape index (κ3) is 3.03. The topological polar surface area (TPSA) is 39.7 Å². The van der Waals surface area contributed by atoms with Crippen molar-refractivity contribution in [1.82, 2.24) is 0 Å². The molecule has 3 heteroatoms. The second kappa shape index (κ2) is 5.83. The largest absolute Gasteiger partial charge is 0.493 e. The number of hydrogen-bond donors (Lipinski definition) is 2. The number of anilines is 1. The van der Waals surface area contributed by atoms with Gasteiger partial charge in [0.15, 0.2) is 0 Å². The normalized spacial score (nSPS) is 30.6. The summed E-state index contributed by atoms with van der Waals surface area (Å²) in [4.78, 5) is 1.83. The molecule has 2 fully saturated rings. The van der Waals surface area contributed by atoms with E-state index in [2.05, 4.69) is 0 Å². The number of nitrogens with two attached hydrogens (primary N) is 1. The first-order valence-electron chi connectivity index (χ1n) is 7.66. The van der Waals surface area contributed by atoms with Gasteiger partial charge >= 0.3 is 0 Å². The van der Waals surface area contributed by atoms with Crippen LogP contribution < -0.4 is 15.4 Å². The maximum Gasteiger partial charge on any atom is 0.121 e. The van der Waals surface area contributed by atoms with E-state index in [-0.39, 0.29) is 0 Å². The Balaban J connectivity index is 1.59. The molecule has 1 aromatic rings. The van der Waals surface area contributed by atoms with Crippen LogP contribution in [0, 0.1) is 5.92 Å². The van der Waals surface area contributed by atoms with Crippen molar-refractivity contribution in [2.45, 2.75) is 38.1 Å². The lowest BCUT2D eigenvalue weighted by Crippen LogP contribution is -3.18. The Kier molecular flexibility index (Phi) is 3.92. The van der Waals surface area contributed by atoms with Crippen LogP contribution in [0.2, 0.25) is 0 Å². The molecule has 104 valence electrons. The van der Waals surface area contributed by atoms with Crippen LogP contribution in [0.1, 0.15) is 32.1 Å². The predicted octanol–water partition coefficient (Wildman–Crippen LogP) is 1.49. The smallest absolute Gasteiger partial charge is 0.121 e. The van der Waals surface area contributed by atoms with E-state index in [9.17, 15) is 0 Å². The fourth-order valence-corrected chi connectivity index (χ4v) is 3.78. The molecule has 0 aliphatic carbocycles. The van der Waals surface area contributed by atoms with Gasteiger partial charge < -0.3 is 15.4 Å². The average molecular weight is 261 g/mol. The standard InChI is InChI=1S/C16H24N2O/c17-14-6-3-7-15(11-14)19-12-13-5-4-10-18-9-2-1-8-16(13)18/h3,6-7,11,13,16H,1-2,4-5,8-10,12,17H2/p+1/t13-,16-/m0/s1. The van der Waals surface area contributed by atoms with Crippen LogP contribution in [0.25, 0.3) is 0 Å². The molecule has 0 aromatic heterocycles. The van der Waals surface area contributed by atoms with Gasteiger partial charge in [-0.25, -0.2) is 0 Å². The molecule has 1 unspecified atom stereocenters. The van der Waals surface area contributed by atoms with Crippen LogP contribution in [0.4, 0.5) is 5.69 Å². The summed E-state index contributed by atoms with van der Waals surface area (Å²) in [5.41, 5.74) is 6.57. The van der Waals surface area contributed by atoms with Crippen LogP contribution >= 0.6 is 0 Å². The Morgan fingerprint density at radius 1 is 1.16 bits per heavy atom. The molecule has 2 aliphatic rings. The third-order valence-electron chi connectivity index (χ3n) is 4.75. The molecule has 0 saturated carbocycles. The molecule has 0 radical (unpaired) electrons.